The van der Waals surface area contributed by atoms with Gasteiger partial charge in [-0.1, -0.05) is 48.9 Å². The number of carboxylic acids is 1. The molecule has 0 radical (unpaired) electrons. The van der Waals surface area contributed by atoms with Gasteiger partial charge in [0.05, 0.1) is 10.6 Å². The summed E-state index contributed by atoms with van der Waals surface area (Å²) < 4.78 is 0. The zero-order valence-corrected chi connectivity index (χ0v) is 12.9. The Labute approximate surface area is 132 Å². The van der Waals surface area contributed by atoms with Crippen LogP contribution in [0.2, 0.25) is 10.2 Å². The van der Waals surface area contributed by atoms with E-state index in [2.05, 4.69) is 10.3 Å². The zero-order chi connectivity index (χ0) is 15.5. The molecule has 1 aromatic heterocycles. The first-order valence-electron chi connectivity index (χ1n) is 6.81. The van der Waals surface area contributed by atoms with Crippen molar-refractivity contribution >= 4 is 35.1 Å². The number of pyridine rings is 1. The first-order valence-corrected chi connectivity index (χ1v) is 7.57. The highest BCUT2D eigenvalue weighted by molar-refractivity contribution is 6.35. The normalized spacial score (nSPS) is 17.8. The molecule has 0 spiro atoms. The van der Waals surface area contributed by atoms with Crippen molar-refractivity contribution in [2.75, 3.05) is 0 Å². The minimum absolute atomic E-state index is 0.134. The summed E-state index contributed by atoms with van der Waals surface area (Å²) >= 11 is 11.7. The largest absolute Gasteiger partial charge is 0.480 e. The van der Waals surface area contributed by atoms with Gasteiger partial charge in [0.15, 0.2) is 0 Å². The number of rotatable bonds is 3. The smallest absolute Gasteiger partial charge is 0.329 e. The molecule has 1 amide bonds. The Hall–Kier alpha value is -1.33. The molecule has 0 aromatic carbocycles. The van der Waals surface area contributed by atoms with Gasteiger partial charge in [0.1, 0.15) is 10.7 Å². The Balaban J connectivity index is 2.26. The predicted octanol–water partition coefficient (Wildman–Crippen LogP) is 3.30. The fourth-order valence-electron chi connectivity index (χ4n) is 2.60. The number of halogens is 2. The van der Waals surface area contributed by atoms with Gasteiger partial charge in [0, 0.05) is 6.20 Å². The minimum atomic E-state index is -1.23. The lowest BCUT2D eigenvalue weighted by Crippen LogP contribution is -2.54. The number of carboxylic acid groups (broad SMARTS) is 1. The Morgan fingerprint density at radius 2 is 1.81 bits per heavy atom. The van der Waals surface area contributed by atoms with E-state index in [4.69, 9.17) is 23.2 Å². The van der Waals surface area contributed by atoms with Gasteiger partial charge < -0.3 is 10.4 Å². The maximum Gasteiger partial charge on any atom is 0.329 e. The molecule has 0 saturated heterocycles. The second kappa shape index (κ2) is 6.62. The van der Waals surface area contributed by atoms with Crippen molar-refractivity contribution in [3.63, 3.8) is 0 Å². The molecule has 1 aliphatic rings. The molecule has 0 bridgehead atoms. The van der Waals surface area contributed by atoms with Crippen LogP contribution in [0.1, 0.15) is 48.9 Å². The molecular formula is C14H16Cl2N2O3. The lowest BCUT2D eigenvalue weighted by molar-refractivity contribution is -0.145. The Morgan fingerprint density at radius 1 is 1.19 bits per heavy atom. The van der Waals surface area contributed by atoms with Crippen LogP contribution < -0.4 is 5.32 Å². The maximum atomic E-state index is 12.4. The average Bonchev–Trinajstić information content (AvgIpc) is 2.68. The monoisotopic (exact) mass is 330 g/mol. The molecule has 7 heteroatoms. The molecule has 1 heterocycles. The molecule has 2 rings (SSSR count). The Bertz CT molecular complexity index is 555. The molecule has 1 fully saturated rings. The fourth-order valence-corrected chi connectivity index (χ4v) is 2.94. The molecule has 0 unspecified atom stereocenters. The van der Waals surface area contributed by atoms with Crippen LogP contribution in [0.3, 0.4) is 0 Å². The van der Waals surface area contributed by atoms with Gasteiger partial charge in [-0.3, -0.25) is 4.79 Å². The molecule has 2 N–H and O–H groups in total. The maximum absolute atomic E-state index is 12.4. The highest BCUT2D eigenvalue weighted by Gasteiger charge is 2.40. The van der Waals surface area contributed by atoms with Crippen molar-refractivity contribution in [3.05, 3.63) is 28.0 Å². The summed E-state index contributed by atoms with van der Waals surface area (Å²) in [6.07, 6.45) is 5.63. The van der Waals surface area contributed by atoms with E-state index in [0.29, 0.717) is 12.8 Å². The van der Waals surface area contributed by atoms with Crippen LogP contribution >= 0.6 is 23.2 Å². The van der Waals surface area contributed by atoms with Crippen LogP contribution in [-0.2, 0) is 4.79 Å². The van der Waals surface area contributed by atoms with Gasteiger partial charge in [0.2, 0.25) is 0 Å². The summed E-state index contributed by atoms with van der Waals surface area (Å²) in [4.78, 5) is 27.8. The standard InChI is InChI=1S/C14H16Cl2N2O3/c15-10-8-17-11(16)7-9(10)12(19)18-14(13(20)21)5-3-1-2-4-6-14/h7-8H,1-6H2,(H,18,19)(H,20,21). The number of carbonyl (C=O) groups is 2. The Morgan fingerprint density at radius 3 is 2.38 bits per heavy atom. The third kappa shape index (κ3) is 3.66. The lowest BCUT2D eigenvalue weighted by atomic mass is 9.90. The van der Waals surface area contributed by atoms with E-state index in [1.807, 2.05) is 0 Å². The Kier molecular flexibility index (Phi) is 5.06. The third-order valence-corrected chi connectivity index (χ3v) is 4.29. The lowest BCUT2D eigenvalue weighted by Gasteiger charge is -2.29. The molecule has 0 aliphatic heterocycles. The van der Waals surface area contributed by atoms with Crippen molar-refractivity contribution in [2.45, 2.75) is 44.1 Å². The minimum Gasteiger partial charge on any atom is -0.480 e. The van der Waals surface area contributed by atoms with E-state index in [-0.39, 0.29) is 15.7 Å². The van der Waals surface area contributed by atoms with Gasteiger partial charge in [-0.2, -0.15) is 0 Å². The first kappa shape index (κ1) is 16.0. The number of nitrogens with one attached hydrogen (secondary N) is 1. The molecule has 1 aromatic rings. The topological polar surface area (TPSA) is 79.3 Å². The van der Waals surface area contributed by atoms with E-state index in [0.717, 1.165) is 25.7 Å². The highest BCUT2D eigenvalue weighted by atomic mass is 35.5. The fraction of sp³-hybridized carbons (Fsp3) is 0.500. The van der Waals surface area contributed by atoms with E-state index in [9.17, 15) is 14.7 Å². The zero-order valence-electron chi connectivity index (χ0n) is 11.4. The van der Waals surface area contributed by atoms with Crippen LogP contribution in [0.5, 0.6) is 0 Å². The number of hydrogen-bond acceptors (Lipinski definition) is 3. The molecule has 5 nitrogen and oxygen atoms in total. The summed E-state index contributed by atoms with van der Waals surface area (Å²) in [6, 6.07) is 1.34. The summed E-state index contributed by atoms with van der Waals surface area (Å²) in [7, 11) is 0. The van der Waals surface area contributed by atoms with Crippen molar-refractivity contribution in [3.8, 4) is 0 Å². The van der Waals surface area contributed by atoms with Gasteiger partial charge in [-0.05, 0) is 18.9 Å². The number of aliphatic carboxylic acids is 1. The van der Waals surface area contributed by atoms with Crippen LogP contribution in [0, 0.1) is 0 Å². The highest BCUT2D eigenvalue weighted by Crippen LogP contribution is 2.28. The molecule has 1 aliphatic carbocycles. The second-order valence-electron chi connectivity index (χ2n) is 5.24. The van der Waals surface area contributed by atoms with Crippen LogP contribution in [0.4, 0.5) is 0 Å². The van der Waals surface area contributed by atoms with Crippen LogP contribution in [-0.4, -0.2) is 27.5 Å². The van der Waals surface area contributed by atoms with Gasteiger partial charge in [-0.15, -0.1) is 0 Å². The van der Waals surface area contributed by atoms with Gasteiger partial charge in [-0.25, -0.2) is 9.78 Å². The molecule has 114 valence electrons. The van der Waals surface area contributed by atoms with Crippen molar-refractivity contribution in [2.24, 2.45) is 0 Å². The number of hydrogen-bond donors (Lipinski definition) is 2. The number of carbonyl (C=O) groups excluding carboxylic acids is 1. The SMILES string of the molecule is O=C(NC1(C(=O)O)CCCCCC1)c1cc(Cl)ncc1Cl. The number of nitrogens with zero attached hydrogens (tertiary/aromatic N) is 1. The molecule has 0 atom stereocenters. The van der Waals surface area contributed by atoms with Crippen molar-refractivity contribution < 1.29 is 14.7 Å². The summed E-state index contributed by atoms with van der Waals surface area (Å²) in [5.74, 6) is -1.54. The summed E-state index contributed by atoms with van der Waals surface area (Å²) in [5, 5.41) is 12.5. The molecule has 1 saturated carbocycles. The van der Waals surface area contributed by atoms with Gasteiger partial charge in [0.25, 0.3) is 5.91 Å². The molecule has 21 heavy (non-hydrogen) atoms. The summed E-state index contributed by atoms with van der Waals surface area (Å²) in [5.41, 5.74) is -1.09. The number of amides is 1. The van der Waals surface area contributed by atoms with E-state index < -0.39 is 17.4 Å². The van der Waals surface area contributed by atoms with Crippen molar-refractivity contribution in [1.29, 1.82) is 0 Å². The van der Waals surface area contributed by atoms with Crippen LogP contribution in [0.15, 0.2) is 12.3 Å². The second-order valence-corrected chi connectivity index (χ2v) is 6.04. The van der Waals surface area contributed by atoms with Crippen molar-refractivity contribution in [1.82, 2.24) is 10.3 Å². The predicted molar refractivity (Wildman–Crippen MR) is 79.8 cm³/mol. The average molecular weight is 331 g/mol. The van der Waals surface area contributed by atoms with E-state index in [1.165, 1.54) is 12.3 Å². The van der Waals surface area contributed by atoms with Crippen LogP contribution in [0.25, 0.3) is 0 Å². The third-order valence-electron chi connectivity index (χ3n) is 3.79. The molecular weight excluding hydrogens is 315 g/mol. The number of aromatic nitrogens is 1. The van der Waals surface area contributed by atoms with Gasteiger partial charge >= 0.3 is 5.97 Å². The first-order chi connectivity index (χ1) is 9.94. The van der Waals surface area contributed by atoms with E-state index in [1.54, 1.807) is 0 Å². The van der Waals surface area contributed by atoms with E-state index >= 15 is 0 Å². The quantitative estimate of drug-likeness (QED) is 0.658. The summed E-state index contributed by atoms with van der Waals surface area (Å²) in [6.45, 7) is 0.